The predicted octanol–water partition coefficient (Wildman–Crippen LogP) is 1.17. The number of benzene rings is 1. The zero-order valence-electron chi connectivity index (χ0n) is 11.5. The number of rotatable bonds is 7. The fourth-order valence-electron chi connectivity index (χ4n) is 2.32. The van der Waals surface area contributed by atoms with E-state index in [4.69, 9.17) is 10.5 Å². The number of ether oxygens (including phenoxy) is 1. The van der Waals surface area contributed by atoms with E-state index in [0.29, 0.717) is 19.6 Å². The van der Waals surface area contributed by atoms with Crippen LogP contribution in [0, 0.1) is 0 Å². The van der Waals surface area contributed by atoms with E-state index in [1.54, 1.807) is 0 Å². The minimum absolute atomic E-state index is 0.0492. The van der Waals surface area contributed by atoms with Crippen molar-refractivity contribution in [1.29, 1.82) is 0 Å². The lowest BCUT2D eigenvalue weighted by Crippen LogP contribution is -2.33. The number of nitrogens with one attached hydrogen (secondary N) is 1. The summed E-state index contributed by atoms with van der Waals surface area (Å²) in [5, 5.41) is 0. The van der Waals surface area contributed by atoms with E-state index in [2.05, 4.69) is 4.72 Å². The van der Waals surface area contributed by atoms with Gasteiger partial charge in [0.2, 0.25) is 10.0 Å². The molecule has 0 amide bonds. The first kappa shape index (κ1) is 15.4. The Kier molecular flexibility index (Phi) is 5.54. The number of nitrogens with two attached hydrogens (primary N) is 1. The van der Waals surface area contributed by atoms with Crippen molar-refractivity contribution in [2.24, 2.45) is 5.73 Å². The molecule has 0 bridgehead atoms. The van der Waals surface area contributed by atoms with Gasteiger partial charge in [0, 0.05) is 19.2 Å². The maximum absolute atomic E-state index is 11.9. The molecule has 0 spiro atoms. The van der Waals surface area contributed by atoms with Gasteiger partial charge in [0.15, 0.2) is 0 Å². The molecule has 1 heterocycles. The molecular formula is C14H22N2O3S. The molecule has 1 aromatic rings. The maximum atomic E-state index is 11.9. The topological polar surface area (TPSA) is 81.4 Å². The van der Waals surface area contributed by atoms with Crippen LogP contribution in [0.4, 0.5) is 0 Å². The highest BCUT2D eigenvalue weighted by molar-refractivity contribution is 7.89. The molecule has 112 valence electrons. The molecule has 1 aliphatic heterocycles. The van der Waals surface area contributed by atoms with Gasteiger partial charge in [0.25, 0.3) is 0 Å². The highest BCUT2D eigenvalue weighted by Crippen LogP contribution is 2.14. The van der Waals surface area contributed by atoms with Gasteiger partial charge in [0.1, 0.15) is 0 Å². The number of hydrogen-bond acceptors (Lipinski definition) is 4. The van der Waals surface area contributed by atoms with Gasteiger partial charge in [0.05, 0.1) is 11.9 Å². The minimum atomic E-state index is -3.27. The third kappa shape index (κ3) is 4.86. The molecule has 0 radical (unpaired) electrons. The van der Waals surface area contributed by atoms with Gasteiger partial charge < -0.3 is 10.5 Å². The standard InChI is InChI=1S/C14H22N2O3S/c15-14(12-5-2-1-3-6-12)8-9-16-20(17,18)11-13-7-4-10-19-13/h1-3,5-6,13-14,16H,4,7-11,15H2. The Hall–Kier alpha value is -0.950. The van der Waals surface area contributed by atoms with Crippen LogP contribution in [0.25, 0.3) is 0 Å². The second-order valence-electron chi connectivity index (χ2n) is 5.12. The fraction of sp³-hybridized carbons (Fsp3) is 0.571. The first-order valence-electron chi connectivity index (χ1n) is 6.96. The largest absolute Gasteiger partial charge is 0.377 e. The van der Waals surface area contributed by atoms with Crippen molar-refractivity contribution in [3.8, 4) is 0 Å². The molecule has 1 aromatic carbocycles. The van der Waals surface area contributed by atoms with Crippen molar-refractivity contribution < 1.29 is 13.2 Å². The van der Waals surface area contributed by atoms with E-state index < -0.39 is 10.0 Å². The molecular weight excluding hydrogens is 276 g/mol. The molecule has 2 rings (SSSR count). The van der Waals surface area contributed by atoms with E-state index in [0.717, 1.165) is 18.4 Å². The van der Waals surface area contributed by atoms with Crippen LogP contribution in [-0.2, 0) is 14.8 Å². The van der Waals surface area contributed by atoms with Gasteiger partial charge in [-0.05, 0) is 24.8 Å². The molecule has 0 aliphatic carbocycles. The minimum Gasteiger partial charge on any atom is -0.377 e. The normalized spacial score (nSPS) is 20.9. The van der Waals surface area contributed by atoms with Crippen molar-refractivity contribution in [1.82, 2.24) is 4.72 Å². The molecule has 1 fully saturated rings. The average molecular weight is 298 g/mol. The molecule has 20 heavy (non-hydrogen) atoms. The Morgan fingerprint density at radius 3 is 2.75 bits per heavy atom. The molecule has 5 nitrogen and oxygen atoms in total. The van der Waals surface area contributed by atoms with Crippen LogP contribution in [0.3, 0.4) is 0 Å². The van der Waals surface area contributed by atoms with Gasteiger partial charge in [-0.15, -0.1) is 0 Å². The van der Waals surface area contributed by atoms with E-state index in [9.17, 15) is 8.42 Å². The fourth-order valence-corrected chi connectivity index (χ4v) is 3.62. The lowest BCUT2D eigenvalue weighted by molar-refractivity contribution is 0.127. The monoisotopic (exact) mass is 298 g/mol. The third-order valence-corrected chi connectivity index (χ3v) is 4.89. The quantitative estimate of drug-likeness (QED) is 0.792. The zero-order chi connectivity index (χ0) is 14.4. The van der Waals surface area contributed by atoms with Crippen molar-refractivity contribution in [2.45, 2.75) is 31.4 Å². The van der Waals surface area contributed by atoms with Gasteiger partial charge in [-0.2, -0.15) is 0 Å². The second kappa shape index (κ2) is 7.17. The molecule has 6 heteroatoms. The van der Waals surface area contributed by atoms with E-state index in [1.165, 1.54) is 0 Å². The summed E-state index contributed by atoms with van der Waals surface area (Å²) in [5.41, 5.74) is 7.05. The zero-order valence-corrected chi connectivity index (χ0v) is 12.3. The summed E-state index contributed by atoms with van der Waals surface area (Å²) in [5.74, 6) is 0.0492. The van der Waals surface area contributed by atoms with E-state index >= 15 is 0 Å². The Bertz CT molecular complexity index is 498. The molecule has 0 saturated carbocycles. The number of sulfonamides is 1. The van der Waals surface area contributed by atoms with Gasteiger partial charge in [-0.25, -0.2) is 13.1 Å². The van der Waals surface area contributed by atoms with Crippen molar-refractivity contribution in [2.75, 3.05) is 18.9 Å². The van der Waals surface area contributed by atoms with Crippen LogP contribution in [0.1, 0.15) is 30.9 Å². The summed E-state index contributed by atoms with van der Waals surface area (Å²) in [7, 11) is -3.27. The summed E-state index contributed by atoms with van der Waals surface area (Å²) in [6.07, 6.45) is 2.19. The smallest absolute Gasteiger partial charge is 0.214 e. The van der Waals surface area contributed by atoms with Crippen LogP contribution >= 0.6 is 0 Å². The lowest BCUT2D eigenvalue weighted by Gasteiger charge is -2.14. The molecule has 1 aliphatic rings. The van der Waals surface area contributed by atoms with Gasteiger partial charge >= 0.3 is 0 Å². The van der Waals surface area contributed by atoms with Crippen LogP contribution in [0.5, 0.6) is 0 Å². The van der Waals surface area contributed by atoms with Crippen molar-refractivity contribution >= 4 is 10.0 Å². The molecule has 0 aromatic heterocycles. The second-order valence-corrected chi connectivity index (χ2v) is 6.97. The summed E-state index contributed by atoms with van der Waals surface area (Å²) in [4.78, 5) is 0. The average Bonchev–Trinajstić information content (AvgIpc) is 2.91. The molecule has 1 saturated heterocycles. The highest BCUT2D eigenvalue weighted by Gasteiger charge is 2.23. The van der Waals surface area contributed by atoms with Gasteiger partial charge in [-0.1, -0.05) is 30.3 Å². The summed E-state index contributed by atoms with van der Waals surface area (Å²) in [6.45, 7) is 1.02. The summed E-state index contributed by atoms with van der Waals surface area (Å²) in [6, 6.07) is 9.53. The maximum Gasteiger partial charge on any atom is 0.214 e. The first-order chi connectivity index (χ1) is 9.57. The predicted molar refractivity (Wildman–Crippen MR) is 78.8 cm³/mol. The van der Waals surface area contributed by atoms with E-state index in [-0.39, 0.29) is 17.9 Å². The Morgan fingerprint density at radius 1 is 1.35 bits per heavy atom. The van der Waals surface area contributed by atoms with Crippen LogP contribution in [0.2, 0.25) is 0 Å². The lowest BCUT2D eigenvalue weighted by atomic mass is 10.1. The Balaban J connectivity index is 1.74. The van der Waals surface area contributed by atoms with Crippen LogP contribution < -0.4 is 10.5 Å². The Labute approximate surface area is 120 Å². The summed E-state index contributed by atoms with van der Waals surface area (Å²) >= 11 is 0. The molecule has 3 N–H and O–H groups in total. The third-order valence-electron chi connectivity index (χ3n) is 3.43. The molecule has 2 unspecified atom stereocenters. The van der Waals surface area contributed by atoms with E-state index in [1.807, 2.05) is 30.3 Å². The highest BCUT2D eigenvalue weighted by atomic mass is 32.2. The SMILES string of the molecule is NC(CCNS(=O)(=O)CC1CCCO1)c1ccccc1. The van der Waals surface area contributed by atoms with Gasteiger partial charge in [-0.3, -0.25) is 0 Å². The van der Waals surface area contributed by atoms with Crippen LogP contribution in [-0.4, -0.2) is 33.4 Å². The van der Waals surface area contributed by atoms with Crippen LogP contribution in [0.15, 0.2) is 30.3 Å². The van der Waals surface area contributed by atoms with Crippen molar-refractivity contribution in [3.63, 3.8) is 0 Å². The Morgan fingerprint density at radius 2 is 2.10 bits per heavy atom. The first-order valence-corrected chi connectivity index (χ1v) is 8.61. The van der Waals surface area contributed by atoms with Crippen molar-refractivity contribution in [3.05, 3.63) is 35.9 Å². The number of hydrogen-bond donors (Lipinski definition) is 2. The summed E-state index contributed by atoms with van der Waals surface area (Å²) < 4.78 is 31.7. The molecule has 2 atom stereocenters.